The highest BCUT2D eigenvalue weighted by Gasteiger charge is 2.30. The van der Waals surface area contributed by atoms with E-state index in [0.29, 0.717) is 42.9 Å². The van der Waals surface area contributed by atoms with Gasteiger partial charge in [-0.3, -0.25) is 14.4 Å². The minimum atomic E-state index is -0.249. The van der Waals surface area contributed by atoms with Crippen LogP contribution >= 0.6 is 0 Å². The van der Waals surface area contributed by atoms with Gasteiger partial charge in [0.05, 0.1) is 11.5 Å². The van der Waals surface area contributed by atoms with E-state index < -0.39 is 0 Å². The molecular weight excluding hydrogens is 354 g/mol. The van der Waals surface area contributed by atoms with Crippen LogP contribution in [0.5, 0.6) is 0 Å². The molecular formula is C22H25N3O3. The Hall–Kier alpha value is -2.99. The zero-order valence-corrected chi connectivity index (χ0v) is 15.8. The maximum absolute atomic E-state index is 13.2. The fourth-order valence-corrected chi connectivity index (χ4v) is 3.50. The highest BCUT2D eigenvalue weighted by molar-refractivity contribution is 6.15. The van der Waals surface area contributed by atoms with Gasteiger partial charge >= 0.3 is 0 Å². The first-order chi connectivity index (χ1) is 13.6. The van der Waals surface area contributed by atoms with Gasteiger partial charge in [0.15, 0.2) is 5.78 Å². The van der Waals surface area contributed by atoms with Crippen LogP contribution in [0.4, 0.5) is 0 Å². The van der Waals surface area contributed by atoms with Gasteiger partial charge in [0.2, 0.25) is 5.91 Å². The number of likely N-dealkylation sites (tertiary alicyclic amines) is 1. The van der Waals surface area contributed by atoms with Crippen molar-refractivity contribution in [3.63, 3.8) is 0 Å². The van der Waals surface area contributed by atoms with E-state index in [9.17, 15) is 14.4 Å². The molecule has 0 radical (unpaired) electrons. The summed E-state index contributed by atoms with van der Waals surface area (Å²) in [5, 5.41) is 2.80. The van der Waals surface area contributed by atoms with Crippen LogP contribution < -0.4 is 11.1 Å². The summed E-state index contributed by atoms with van der Waals surface area (Å²) in [5.74, 6) is -0.715. The van der Waals surface area contributed by atoms with Crippen molar-refractivity contribution < 1.29 is 14.4 Å². The van der Waals surface area contributed by atoms with Crippen molar-refractivity contribution in [2.24, 2.45) is 11.7 Å². The van der Waals surface area contributed by atoms with Gasteiger partial charge in [-0.1, -0.05) is 48.5 Å². The number of carbonyl (C=O) groups excluding carboxylic acids is 3. The Kier molecular flexibility index (Phi) is 6.55. The molecule has 2 amide bonds. The molecule has 0 aromatic heterocycles. The molecule has 6 nitrogen and oxygen atoms in total. The number of carbonyl (C=O) groups is 3. The van der Waals surface area contributed by atoms with E-state index >= 15 is 0 Å². The maximum Gasteiger partial charge on any atom is 0.254 e. The van der Waals surface area contributed by atoms with Gasteiger partial charge in [0, 0.05) is 37.3 Å². The first-order valence-electron chi connectivity index (χ1n) is 9.57. The Morgan fingerprint density at radius 2 is 1.68 bits per heavy atom. The summed E-state index contributed by atoms with van der Waals surface area (Å²) in [6.45, 7) is 1.74. The van der Waals surface area contributed by atoms with E-state index in [0.717, 1.165) is 12.8 Å². The molecule has 28 heavy (non-hydrogen) atoms. The van der Waals surface area contributed by atoms with Gasteiger partial charge in [0.25, 0.3) is 5.91 Å². The van der Waals surface area contributed by atoms with Crippen LogP contribution in [-0.2, 0) is 4.79 Å². The van der Waals surface area contributed by atoms with Crippen molar-refractivity contribution in [1.82, 2.24) is 10.2 Å². The number of hydrogen-bond donors (Lipinski definition) is 2. The number of piperidine rings is 1. The van der Waals surface area contributed by atoms with E-state index in [1.165, 1.54) is 0 Å². The van der Waals surface area contributed by atoms with Crippen molar-refractivity contribution in [1.29, 1.82) is 0 Å². The summed E-state index contributed by atoms with van der Waals surface area (Å²) in [6.07, 6.45) is 1.49. The molecule has 3 rings (SSSR count). The summed E-state index contributed by atoms with van der Waals surface area (Å²) in [6, 6.07) is 15.8. The van der Waals surface area contributed by atoms with E-state index in [4.69, 9.17) is 5.73 Å². The Labute approximate surface area is 164 Å². The van der Waals surface area contributed by atoms with Gasteiger partial charge in [-0.2, -0.15) is 0 Å². The Bertz CT molecular complexity index is 851. The number of ketones is 1. The van der Waals surface area contributed by atoms with Crippen LogP contribution in [0.25, 0.3) is 0 Å². The molecule has 2 aromatic carbocycles. The lowest BCUT2D eigenvalue weighted by Crippen LogP contribution is -2.46. The highest BCUT2D eigenvalue weighted by atomic mass is 16.2. The molecule has 3 N–H and O–H groups in total. The second kappa shape index (κ2) is 9.28. The zero-order chi connectivity index (χ0) is 19.9. The average molecular weight is 379 g/mol. The molecule has 0 aliphatic carbocycles. The predicted molar refractivity (Wildman–Crippen MR) is 107 cm³/mol. The van der Waals surface area contributed by atoms with E-state index in [1.54, 1.807) is 53.4 Å². The number of nitrogens with one attached hydrogen (secondary N) is 1. The third-order valence-electron chi connectivity index (χ3n) is 4.96. The molecule has 1 unspecified atom stereocenters. The minimum Gasteiger partial charge on any atom is -0.355 e. The normalized spacial score (nSPS) is 16.5. The van der Waals surface area contributed by atoms with E-state index in [-0.39, 0.29) is 23.5 Å². The number of nitrogens with zero attached hydrogens (tertiary/aromatic N) is 1. The predicted octanol–water partition coefficient (Wildman–Crippen LogP) is 1.84. The van der Waals surface area contributed by atoms with Crippen LogP contribution in [0.1, 0.15) is 39.1 Å². The summed E-state index contributed by atoms with van der Waals surface area (Å²) in [5.41, 5.74) is 6.74. The Balaban J connectivity index is 1.79. The summed E-state index contributed by atoms with van der Waals surface area (Å²) in [7, 11) is 0. The van der Waals surface area contributed by atoms with Crippen LogP contribution in [0.2, 0.25) is 0 Å². The number of nitrogens with two attached hydrogens (primary N) is 1. The second-order valence-corrected chi connectivity index (χ2v) is 6.91. The molecule has 1 heterocycles. The molecule has 1 saturated heterocycles. The number of rotatable bonds is 6. The van der Waals surface area contributed by atoms with Gasteiger partial charge in [-0.25, -0.2) is 0 Å². The van der Waals surface area contributed by atoms with E-state index in [2.05, 4.69) is 5.32 Å². The van der Waals surface area contributed by atoms with Crippen molar-refractivity contribution in [3.8, 4) is 0 Å². The third-order valence-corrected chi connectivity index (χ3v) is 4.96. The Morgan fingerprint density at radius 3 is 2.39 bits per heavy atom. The van der Waals surface area contributed by atoms with Gasteiger partial charge in [-0.15, -0.1) is 0 Å². The fourth-order valence-electron chi connectivity index (χ4n) is 3.50. The molecule has 1 atom stereocenters. The number of amides is 2. The molecule has 6 heteroatoms. The average Bonchev–Trinajstić information content (AvgIpc) is 2.77. The summed E-state index contributed by atoms with van der Waals surface area (Å²) >= 11 is 0. The molecule has 1 aliphatic rings. The fraction of sp³-hybridized carbons (Fsp3) is 0.318. The summed E-state index contributed by atoms with van der Waals surface area (Å²) < 4.78 is 0. The van der Waals surface area contributed by atoms with Crippen molar-refractivity contribution >= 4 is 17.6 Å². The van der Waals surface area contributed by atoms with Crippen molar-refractivity contribution in [2.75, 3.05) is 26.2 Å². The van der Waals surface area contributed by atoms with Crippen molar-refractivity contribution in [3.05, 3.63) is 71.3 Å². The largest absolute Gasteiger partial charge is 0.355 e. The molecule has 1 fully saturated rings. The first-order valence-corrected chi connectivity index (χ1v) is 9.57. The topological polar surface area (TPSA) is 92.5 Å². The number of hydrogen-bond acceptors (Lipinski definition) is 4. The van der Waals surface area contributed by atoms with Crippen molar-refractivity contribution in [2.45, 2.75) is 12.8 Å². The SMILES string of the molecule is NCCNC(=O)C1CCCN(C(=O)c2ccccc2C(=O)c2ccccc2)C1. The van der Waals surface area contributed by atoms with Crippen LogP contribution in [0, 0.1) is 5.92 Å². The molecule has 0 spiro atoms. The summed E-state index contributed by atoms with van der Waals surface area (Å²) in [4.78, 5) is 40.0. The van der Waals surface area contributed by atoms with Crippen LogP contribution in [0.3, 0.4) is 0 Å². The molecule has 146 valence electrons. The van der Waals surface area contributed by atoms with Gasteiger partial charge in [-0.05, 0) is 18.9 Å². The lowest BCUT2D eigenvalue weighted by atomic mass is 9.94. The minimum absolute atomic E-state index is 0.0726. The smallest absolute Gasteiger partial charge is 0.254 e. The first kappa shape index (κ1) is 19.8. The lowest BCUT2D eigenvalue weighted by Gasteiger charge is -2.32. The number of benzene rings is 2. The van der Waals surface area contributed by atoms with Crippen LogP contribution in [-0.4, -0.2) is 48.7 Å². The standard InChI is InChI=1S/C22H25N3O3/c23-12-13-24-21(27)17-9-6-14-25(15-17)22(28)19-11-5-4-10-18(19)20(26)16-7-2-1-3-8-16/h1-5,7-8,10-11,17H,6,9,12-15,23H2,(H,24,27). The lowest BCUT2D eigenvalue weighted by molar-refractivity contribution is -0.126. The molecule has 0 saturated carbocycles. The molecule has 0 bridgehead atoms. The van der Waals surface area contributed by atoms with Gasteiger partial charge in [0.1, 0.15) is 0 Å². The van der Waals surface area contributed by atoms with Gasteiger partial charge < -0.3 is 16.0 Å². The van der Waals surface area contributed by atoms with E-state index in [1.807, 2.05) is 6.07 Å². The Morgan fingerprint density at radius 1 is 1.00 bits per heavy atom. The zero-order valence-electron chi connectivity index (χ0n) is 15.8. The molecule has 1 aliphatic heterocycles. The quantitative estimate of drug-likeness (QED) is 0.749. The second-order valence-electron chi connectivity index (χ2n) is 6.91. The highest BCUT2D eigenvalue weighted by Crippen LogP contribution is 2.22. The third kappa shape index (κ3) is 4.46. The molecule has 2 aromatic rings. The maximum atomic E-state index is 13.2. The monoisotopic (exact) mass is 379 g/mol. The van der Waals surface area contributed by atoms with Crippen LogP contribution in [0.15, 0.2) is 54.6 Å².